The molecule has 0 saturated heterocycles. The molecule has 0 aliphatic carbocycles. The molecule has 1 heterocycles. The zero-order valence-electron chi connectivity index (χ0n) is 5.87. The number of nitrogens with zero attached hydrogens (tertiary/aromatic N) is 3. The Hall–Kier alpha value is -1.78. The monoisotopic (exact) mass is 178 g/mol. The number of rotatable bonds is 0. The second kappa shape index (κ2) is 3.56. The van der Waals surface area contributed by atoms with Gasteiger partial charge in [-0.05, 0) is 5.92 Å². The lowest BCUT2D eigenvalue weighted by Gasteiger charge is -1.94. The number of nitrogens with two attached hydrogens (primary N) is 1. The molecule has 1 rings (SSSR count). The lowest BCUT2D eigenvalue weighted by molar-refractivity contribution is 1.19. The summed E-state index contributed by atoms with van der Waals surface area (Å²) in [4.78, 5) is 7.47. The third-order valence-electron chi connectivity index (χ3n) is 1.01. The lowest BCUT2D eigenvalue weighted by atomic mass is 10.4. The van der Waals surface area contributed by atoms with Crippen LogP contribution in [0.5, 0.6) is 0 Å². The fourth-order valence-electron chi connectivity index (χ4n) is 0.556. The molecule has 58 valence electrons. The summed E-state index contributed by atoms with van der Waals surface area (Å²) in [7, 11) is 0. The molecule has 0 spiro atoms. The van der Waals surface area contributed by atoms with E-state index in [-0.39, 0.29) is 16.7 Å². The molecule has 0 radical (unpaired) electrons. The van der Waals surface area contributed by atoms with Crippen LogP contribution in [0.3, 0.4) is 0 Å². The van der Waals surface area contributed by atoms with Gasteiger partial charge in [0.25, 0.3) is 0 Å². The van der Waals surface area contributed by atoms with Crippen molar-refractivity contribution in [2.75, 3.05) is 5.73 Å². The van der Waals surface area contributed by atoms with Crippen molar-refractivity contribution in [2.24, 2.45) is 0 Å². The zero-order valence-corrected chi connectivity index (χ0v) is 6.63. The third kappa shape index (κ3) is 1.85. The van der Waals surface area contributed by atoms with Crippen molar-refractivity contribution in [3.8, 4) is 17.9 Å². The van der Waals surface area contributed by atoms with Gasteiger partial charge in [0.2, 0.25) is 0 Å². The second-order valence-electron chi connectivity index (χ2n) is 1.79. The molecule has 2 N–H and O–H groups in total. The Morgan fingerprint density at radius 3 is 3.00 bits per heavy atom. The van der Waals surface area contributed by atoms with Crippen LogP contribution < -0.4 is 5.73 Å². The molecule has 0 aromatic carbocycles. The molecule has 0 aliphatic rings. The minimum absolute atomic E-state index is 0.169. The molecular formula is C7H3ClN4. The highest BCUT2D eigenvalue weighted by Gasteiger charge is 1.98. The Balaban J connectivity index is 3.16. The first-order chi connectivity index (χ1) is 5.74. The van der Waals surface area contributed by atoms with E-state index in [0.29, 0.717) is 0 Å². The van der Waals surface area contributed by atoms with Crippen LogP contribution in [0.4, 0.5) is 5.82 Å². The van der Waals surface area contributed by atoms with Gasteiger partial charge in [-0.3, -0.25) is 0 Å². The third-order valence-corrected chi connectivity index (χ3v) is 1.19. The average molecular weight is 179 g/mol. The van der Waals surface area contributed by atoms with Crippen molar-refractivity contribution in [3.63, 3.8) is 0 Å². The molecule has 0 fully saturated rings. The number of hydrogen-bond acceptors (Lipinski definition) is 4. The van der Waals surface area contributed by atoms with Crippen molar-refractivity contribution in [3.05, 3.63) is 17.0 Å². The summed E-state index contributed by atoms with van der Waals surface area (Å²) in [5.74, 6) is 4.72. The maximum Gasteiger partial charge on any atom is 0.158 e. The van der Waals surface area contributed by atoms with E-state index in [1.165, 1.54) is 6.20 Å². The van der Waals surface area contributed by atoms with Crippen LogP contribution in [0.15, 0.2) is 6.20 Å². The molecule has 4 nitrogen and oxygen atoms in total. The minimum Gasteiger partial charge on any atom is -0.381 e. The van der Waals surface area contributed by atoms with Gasteiger partial charge in [0.05, 0.1) is 6.20 Å². The molecule has 5 heteroatoms. The Morgan fingerprint density at radius 2 is 2.33 bits per heavy atom. The van der Waals surface area contributed by atoms with Gasteiger partial charge >= 0.3 is 0 Å². The van der Waals surface area contributed by atoms with E-state index in [2.05, 4.69) is 21.8 Å². The Morgan fingerprint density at radius 1 is 1.58 bits per heavy atom. The highest BCUT2D eigenvalue weighted by molar-refractivity contribution is 6.29. The van der Waals surface area contributed by atoms with E-state index >= 15 is 0 Å². The maximum atomic E-state index is 8.14. The zero-order chi connectivity index (χ0) is 8.97. The summed E-state index contributed by atoms with van der Waals surface area (Å²) in [6.45, 7) is 0. The number of hydrogen-bond donors (Lipinski definition) is 1. The molecule has 0 unspecified atom stereocenters. The predicted octanol–water partition coefficient (Wildman–Crippen LogP) is 0.587. The van der Waals surface area contributed by atoms with Crippen molar-refractivity contribution < 1.29 is 0 Å². The standard InChI is InChI=1S/C7H3ClN4/c8-6-4-11-7(10)5(12-6)2-1-3-9/h4H,(H2,10,11). The number of anilines is 1. The van der Waals surface area contributed by atoms with Gasteiger partial charge in [0.1, 0.15) is 5.15 Å². The quantitative estimate of drug-likeness (QED) is 0.590. The van der Waals surface area contributed by atoms with Crippen LogP contribution in [0, 0.1) is 23.2 Å². The molecule has 0 saturated carbocycles. The first-order valence-corrected chi connectivity index (χ1v) is 3.30. The molecule has 0 aliphatic heterocycles. The van der Waals surface area contributed by atoms with Crippen LogP contribution >= 0.6 is 11.6 Å². The van der Waals surface area contributed by atoms with E-state index in [1.807, 2.05) is 0 Å². The summed E-state index contributed by atoms with van der Waals surface area (Å²) < 4.78 is 0. The highest BCUT2D eigenvalue weighted by atomic mass is 35.5. The molecule has 0 bridgehead atoms. The largest absolute Gasteiger partial charge is 0.381 e. The molecule has 1 aromatic rings. The Labute approximate surface area is 74.0 Å². The van der Waals surface area contributed by atoms with Gasteiger partial charge in [-0.25, -0.2) is 9.97 Å². The normalized spacial score (nSPS) is 8.00. The second-order valence-corrected chi connectivity index (χ2v) is 2.18. The van der Waals surface area contributed by atoms with E-state index in [0.717, 1.165) is 0 Å². The molecule has 12 heavy (non-hydrogen) atoms. The molecule has 0 atom stereocenters. The van der Waals surface area contributed by atoms with Crippen LogP contribution in [0.25, 0.3) is 0 Å². The predicted molar refractivity (Wildman–Crippen MR) is 43.9 cm³/mol. The molecule has 1 aromatic heterocycles. The number of halogens is 1. The van der Waals surface area contributed by atoms with Gasteiger partial charge in [-0.15, -0.1) is 0 Å². The summed E-state index contributed by atoms with van der Waals surface area (Å²) in [6, 6.07) is 1.64. The highest BCUT2D eigenvalue weighted by Crippen LogP contribution is 2.07. The fourth-order valence-corrected chi connectivity index (χ4v) is 0.689. The maximum absolute atomic E-state index is 8.14. The van der Waals surface area contributed by atoms with Crippen molar-refractivity contribution in [1.82, 2.24) is 9.97 Å². The van der Waals surface area contributed by atoms with E-state index in [9.17, 15) is 0 Å². The van der Waals surface area contributed by atoms with E-state index in [4.69, 9.17) is 22.6 Å². The summed E-state index contributed by atoms with van der Waals surface area (Å²) in [5, 5.41) is 8.34. The SMILES string of the molecule is N#CC#Cc1nc(Cl)cnc1N. The summed E-state index contributed by atoms with van der Waals surface area (Å²) in [5.41, 5.74) is 5.61. The van der Waals surface area contributed by atoms with E-state index in [1.54, 1.807) is 6.07 Å². The smallest absolute Gasteiger partial charge is 0.158 e. The van der Waals surface area contributed by atoms with Crippen molar-refractivity contribution in [2.45, 2.75) is 0 Å². The minimum atomic E-state index is 0.169. The lowest BCUT2D eigenvalue weighted by Crippen LogP contribution is -1.97. The van der Waals surface area contributed by atoms with Crippen molar-refractivity contribution >= 4 is 17.4 Å². The first-order valence-electron chi connectivity index (χ1n) is 2.92. The van der Waals surface area contributed by atoms with Gasteiger partial charge in [0, 0.05) is 5.92 Å². The topological polar surface area (TPSA) is 75.6 Å². The molecule has 0 amide bonds. The number of aromatic nitrogens is 2. The molecular weight excluding hydrogens is 176 g/mol. The number of nitrogen functional groups attached to an aromatic ring is 1. The number of nitriles is 1. The van der Waals surface area contributed by atoms with E-state index < -0.39 is 0 Å². The van der Waals surface area contributed by atoms with Gasteiger partial charge < -0.3 is 5.73 Å². The van der Waals surface area contributed by atoms with Crippen LogP contribution in [-0.2, 0) is 0 Å². The van der Waals surface area contributed by atoms with Crippen LogP contribution in [0.2, 0.25) is 5.15 Å². The summed E-state index contributed by atoms with van der Waals surface area (Å²) >= 11 is 5.52. The van der Waals surface area contributed by atoms with Gasteiger partial charge in [-0.1, -0.05) is 11.6 Å². The Bertz CT molecular complexity index is 396. The van der Waals surface area contributed by atoms with Gasteiger partial charge in [0.15, 0.2) is 17.6 Å². The fraction of sp³-hybridized carbons (Fsp3) is 0. The van der Waals surface area contributed by atoms with Crippen LogP contribution in [0.1, 0.15) is 5.69 Å². The summed E-state index contributed by atoms with van der Waals surface area (Å²) in [6.07, 6.45) is 1.31. The van der Waals surface area contributed by atoms with Gasteiger partial charge in [-0.2, -0.15) is 5.26 Å². The average Bonchev–Trinajstić information content (AvgIpc) is 2.07. The first kappa shape index (κ1) is 8.32. The van der Waals surface area contributed by atoms with Crippen LogP contribution in [-0.4, -0.2) is 9.97 Å². The Kier molecular flexibility index (Phi) is 2.47. The van der Waals surface area contributed by atoms with Crippen molar-refractivity contribution in [1.29, 1.82) is 5.26 Å².